The van der Waals surface area contributed by atoms with Crippen LogP contribution in [-0.4, -0.2) is 35.4 Å². The van der Waals surface area contributed by atoms with Gasteiger partial charge in [0.2, 0.25) is 10.0 Å². The molecule has 0 aromatic heterocycles. The maximum Gasteiger partial charge on any atom is 0.241 e. The molecule has 0 fully saturated rings. The Kier molecular flexibility index (Phi) is 7.55. The lowest BCUT2D eigenvalue weighted by Gasteiger charge is -2.19. The predicted octanol–water partition coefficient (Wildman–Crippen LogP) is 2.89. The van der Waals surface area contributed by atoms with Gasteiger partial charge in [0.15, 0.2) is 15.2 Å². The molecule has 0 bridgehead atoms. The van der Waals surface area contributed by atoms with Crippen molar-refractivity contribution in [1.82, 2.24) is 4.72 Å². The van der Waals surface area contributed by atoms with Crippen molar-refractivity contribution in [3.8, 4) is 0 Å². The molecule has 1 unspecified atom stereocenters. The summed E-state index contributed by atoms with van der Waals surface area (Å²) in [5, 5.41) is -1.41. The number of benzene rings is 2. The lowest BCUT2D eigenvalue weighted by molar-refractivity contribution is 0.129. The molecule has 0 saturated carbocycles. The van der Waals surface area contributed by atoms with E-state index in [0.29, 0.717) is 6.61 Å². The molecule has 0 aliphatic rings. The maximum absolute atomic E-state index is 13.0. The lowest BCUT2D eigenvalue weighted by Crippen LogP contribution is -2.44. The number of ether oxygens (including phenoxy) is 1. The average molecular weight is 412 g/mol. The average Bonchev–Trinajstić information content (AvgIpc) is 2.65. The van der Waals surface area contributed by atoms with Crippen molar-refractivity contribution in [2.75, 3.05) is 13.2 Å². The van der Waals surface area contributed by atoms with E-state index in [9.17, 15) is 16.8 Å². The number of hydrogen-bond donors (Lipinski definition) is 1. The molecule has 1 N–H and O–H groups in total. The number of sulfone groups is 1. The summed E-state index contributed by atoms with van der Waals surface area (Å²) in [6, 6.07) is 14.0. The number of unbranched alkanes of at least 4 members (excludes halogenated alkanes) is 1. The van der Waals surface area contributed by atoms with Crippen LogP contribution in [0.25, 0.3) is 0 Å². The largest absolute Gasteiger partial charge is 0.379 e. The summed E-state index contributed by atoms with van der Waals surface area (Å²) in [4.78, 5) is 0.0515. The zero-order chi connectivity index (χ0) is 19.9. The lowest BCUT2D eigenvalue weighted by atomic mass is 10.2. The monoisotopic (exact) mass is 411 g/mol. The second kappa shape index (κ2) is 9.45. The van der Waals surface area contributed by atoms with Crippen LogP contribution in [0.4, 0.5) is 0 Å². The number of hydrogen-bond acceptors (Lipinski definition) is 5. The topological polar surface area (TPSA) is 89.5 Å². The molecule has 148 valence electrons. The zero-order valence-electron chi connectivity index (χ0n) is 15.5. The molecule has 0 spiro atoms. The van der Waals surface area contributed by atoms with E-state index in [1.54, 1.807) is 30.3 Å². The molecule has 0 aliphatic heterocycles. The first kappa shape index (κ1) is 21.6. The first-order valence-electron chi connectivity index (χ1n) is 8.73. The summed E-state index contributed by atoms with van der Waals surface area (Å²) in [5.74, 6) is 0. The van der Waals surface area contributed by atoms with Crippen molar-refractivity contribution in [3.05, 3.63) is 60.2 Å². The van der Waals surface area contributed by atoms with Crippen molar-refractivity contribution in [2.45, 2.75) is 41.9 Å². The minimum atomic E-state index is -4.02. The van der Waals surface area contributed by atoms with Gasteiger partial charge in [0.05, 0.1) is 16.4 Å². The fourth-order valence-electron chi connectivity index (χ4n) is 2.36. The molecule has 0 aliphatic carbocycles. The van der Waals surface area contributed by atoms with Crippen LogP contribution in [0.15, 0.2) is 64.4 Å². The van der Waals surface area contributed by atoms with E-state index in [4.69, 9.17) is 4.74 Å². The van der Waals surface area contributed by atoms with E-state index in [1.807, 2.05) is 13.8 Å². The Balaban J connectivity index is 2.30. The Labute approximate surface area is 161 Å². The normalized spacial score (nSPS) is 13.4. The van der Waals surface area contributed by atoms with Crippen LogP contribution in [0, 0.1) is 6.92 Å². The third-order valence-electron chi connectivity index (χ3n) is 3.98. The Hall–Kier alpha value is -1.74. The first-order chi connectivity index (χ1) is 12.8. The SMILES string of the molecule is CCCCOCC(NS(=O)(=O)c1ccc(C)cc1)S(=O)(=O)c1ccccc1. The van der Waals surface area contributed by atoms with Gasteiger partial charge in [0.1, 0.15) is 0 Å². The highest BCUT2D eigenvalue weighted by Crippen LogP contribution is 2.18. The summed E-state index contributed by atoms with van der Waals surface area (Å²) >= 11 is 0. The fourth-order valence-corrected chi connectivity index (χ4v) is 5.43. The van der Waals surface area contributed by atoms with E-state index in [2.05, 4.69) is 4.72 Å². The highest BCUT2D eigenvalue weighted by atomic mass is 32.2. The molecule has 0 heterocycles. The van der Waals surface area contributed by atoms with Crippen LogP contribution in [0.2, 0.25) is 0 Å². The van der Waals surface area contributed by atoms with Crippen LogP contribution < -0.4 is 4.72 Å². The highest BCUT2D eigenvalue weighted by Gasteiger charge is 2.32. The number of sulfonamides is 1. The third kappa shape index (κ3) is 5.87. The standard InChI is InChI=1S/C19H25NO5S2/c1-3-4-14-25-15-19(26(21,22)17-8-6-5-7-9-17)20-27(23,24)18-12-10-16(2)11-13-18/h5-13,19-20H,3-4,14-15H2,1-2H3. The van der Waals surface area contributed by atoms with Crippen LogP contribution in [0.3, 0.4) is 0 Å². The molecule has 2 rings (SSSR count). The molecule has 27 heavy (non-hydrogen) atoms. The summed E-state index contributed by atoms with van der Waals surface area (Å²) in [6.45, 7) is 3.93. The summed E-state index contributed by atoms with van der Waals surface area (Å²) in [5.41, 5.74) is 0.908. The van der Waals surface area contributed by atoms with Gasteiger partial charge in [-0.1, -0.05) is 49.2 Å². The van der Waals surface area contributed by atoms with Crippen LogP contribution in [0.1, 0.15) is 25.3 Å². The van der Waals surface area contributed by atoms with Gasteiger partial charge in [-0.3, -0.25) is 0 Å². The van der Waals surface area contributed by atoms with E-state index in [0.717, 1.165) is 18.4 Å². The van der Waals surface area contributed by atoms with Crippen molar-refractivity contribution in [3.63, 3.8) is 0 Å². The third-order valence-corrected chi connectivity index (χ3v) is 7.54. The van der Waals surface area contributed by atoms with E-state index < -0.39 is 25.2 Å². The molecule has 1 atom stereocenters. The fraction of sp³-hybridized carbons (Fsp3) is 0.368. The molecular formula is C19H25NO5S2. The molecule has 0 saturated heterocycles. The quantitative estimate of drug-likeness (QED) is 0.607. The smallest absolute Gasteiger partial charge is 0.241 e. The van der Waals surface area contributed by atoms with Crippen LogP contribution in [0.5, 0.6) is 0 Å². The summed E-state index contributed by atoms with van der Waals surface area (Å²) in [7, 11) is -7.97. The van der Waals surface area contributed by atoms with Gasteiger partial charge in [-0.05, 0) is 37.6 Å². The molecule has 8 heteroatoms. The van der Waals surface area contributed by atoms with E-state index >= 15 is 0 Å². The number of aryl methyl sites for hydroxylation is 1. The second-order valence-corrected chi connectivity index (χ2v) is 10.1. The Morgan fingerprint density at radius 2 is 1.56 bits per heavy atom. The molecular weight excluding hydrogens is 386 g/mol. The van der Waals surface area contributed by atoms with Gasteiger partial charge in [-0.15, -0.1) is 0 Å². The summed E-state index contributed by atoms with van der Waals surface area (Å²) in [6.07, 6.45) is 1.66. The number of nitrogens with one attached hydrogen (secondary N) is 1. The summed E-state index contributed by atoms with van der Waals surface area (Å²) < 4.78 is 59.0. The minimum Gasteiger partial charge on any atom is -0.379 e. The van der Waals surface area contributed by atoms with Gasteiger partial charge in [-0.25, -0.2) is 16.8 Å². The van der Waals surface area contributed by atoms with Gasteiger partial charge in [0, 0.05) is 6.61 Å². The predicted molar refractivity (Wildman–Crippen MR) is 105 cm³/mol. The molecule has 2 aromatic rings. The van der Waals surface area contributed by atoms with E-state index in [1.165, 1.54) is 24.3 Å². The second-order valence-electron chi connectivity index (χ2n) is 6.21. The molecule has 0 amide bonds. The van der Waals surface area contributed by atoms with E-state index in [-0.39, 0.29) is 16.4 Å². The van der Waals surface area contributed by atoms with Crippen LogP contribution >= 0.6 is 0 Å². The van der Waals surface area contributed by atoms with Crippen LogP contribution in [-0.2, 0) is 24.6 Å². The first-order valence-corrected chi connectivity index (χ1v) is 11.8. The van der Waals surface area contributed by atoms with Crippen molar-refractivity contribution >= 4 is 19.9 Å². The number of rotatable bonds is 10. The Morgan fingerprint density at radius 1 is 0.926 bits per heavy atom. The van der Waals surface area contributed by atoms with Gasteiger partial charge in [0.25, 0.3) is 0 Å². The molecule has 0 radical (unpaired) electrons. The minimum absolute atomic E-state index is 0.00919. The molecule has 6 nitrogen and oxygen atoms in total. The van der Waals surface area contributed by atoms with Crippen molar-refractivity contribution < 1.29 is 21.6 Å². The Bertz CT molecular complexity index is 924. The van der Waals surface area contributed by atoms with Gasteiger partial charge >= 0.3 is 0 Å². The molecule has 2 aromatic carbocycles. The van der Waals surface area contributed by atoms with Crippen molar-refractivity contribution in [1.29, 1.82) is 0 Å². The highest BCUT2D eigenvalue weighted by molar-refractivity contribution is 7.94. The van der Waals surface area contributed by atoms with Gasteiger partial charge < -0.3 is 4.74 Å². The zero-order valence-corrected chi connectivity index (χ0v) is 17.1. The van der Waals surface area contributed by atoms with Gasteiger partial charge in [-0.2, -0.15) is 4.72 Å². The Morgan fingerprint density at radius 3 is 2.15 bits per heavy atom. The maximum atomic E-state index is 13.0. The van der Waals surface area contributed by atoms with Crippen molar-refractivity contribution in [2.24, 2.45) is 0 Å².